The van der Waals surface area contributed by atoms with Crippen LogP contribution in [0.4, 0.5) is 11.4 Å². The van der Waals surface area contributed by atoms with Crippen molar-refractivity contribution in [3.63, 3.8) is 0 Å². The first-order valence-electron chi connectivity index (χ1n) is 5.84. The van der Waals surface area contributed by atoms with Gasteiger partial charge in [-0.1, -0.05) is 12.1 Å². The van der Waals surface area contributed by atoms with Gasteiger partial charge in [-0.25, -0.2) is 0 Å². The summed E-state index contributed by atoms with van der Waals surface area (Å²) in [6.07, 6.45) is 0. The number of halogens is 2. The first-order valence-corrected chi connectivity index (χ1v) is 7.43. The number of hydrogen-bond donors (Lipinski definition) is 2. The molecule has 0 fully saturated rings. The summed E-state index contributed by atoms with van der Waals surface area (Å²) >= 11 is 7.00. The Labute approximate surface area is 134 Å². The second-order valence-corrected chi connectivity index (χ2v) is 5.48. The van der Waals surface area contributed by atoms with E-state index in [1.807, 2.05) is 36.4 Å². The average molecular weight is 402 g/mol. The highest BCUT2D eigenvalue weighted by molar-refractivity contribution is 9.11. The zero-order valence-corrected chi connectivity index (χ0v) is 14.2. The Morgan fingerprint density at radius 1 is 0.750 bits per heavy atom. The van der Waals surface area contributed by atoms with Gasteiger partial charge in [-0.3, -0.25) is 10.9 Å². The van der Waals surface area contributed by atoms with Gasteiger partial charge in [0.2, 0.25) is 0 Å². The van der Waals surface area contributed by atoms with E-state index in [1.165, 1.54) is 0 Å². The summed E-state index contributed by atoms with van der Waals surface area (Å²) in [6, 6.07) is 11.5. The largest absolute Gasteiger partial charge is 0.495 e. The summed E-state index contributed by atoms with van der Waals surface area (Å²) in [7, 11) is 3.27. The summed E-state index contributed by atoms with van der Waals surface area (Å²) < 4.78 is 12.2. The molecule has 0 saturated heterocycles. The van der Waals surface area contributed by atoms with Crippen molar-refractivity contribution in [3.8, 4) is 11.5 Å². The van der Waals surface area contributed by atoms with Crippen LogP contribution in [0.2, 0.25) is 0 Å². The Hall–Kier alpha value is -1.40. The van der Waals surface area contributed by atoms with Crippen LogP contribution in [0.15, 0.2) is 45.3 Å². The molecular formula is C14H14Br2N2O2. The maximum atomic E-state index is 5.25. The van der Waals surface area contributed by atoms with E-state index >= 15 is 0 Å². The van der Waals surface area contributed by atoms with Gasteiger partial charge in [0.1, 0.15) is 11.5 Å². The van der Waals surface area contributed by atoms with E-state index < -0.39 is 0 Å². The van der Waals surface area contributed by atoms with Crippen LogP contribution < -0.4 is 20.3 Å². The molecule has 0 aliphatic heterocycles. The van der Waals surface area contributed by atoms with Crippen molar-refractivity contribution in [2.45, 2.75) is 0 Å². The molecule has 0 radical (unpaired) electrons. The van der Waals surface area contributed by atoms with Gasteiger partial charge >= 0.3 is 0 Å². The summed E-state index contributed by atoms with van der Waals surface area (Å²) in [5.41, 5.74) is 8.02. The number of anilines is 2. The topological polar surface area (TPSA) is 42.5 Å². The number of hydrazine groups is 1. The third-order valence-corrected chi connectivity index (χ3v) is 4.33. The minimum atomic E-state index is 0.765. The normalized spacial score (nSPS) is 10.0. The monoisotopic (exact) mass is 400 g/mol. The first kappa shape index (κ1) is 15.0. The standard InChI is InChI=1S/C14H14Br2N2O2/c1-19-11-7-3-5-9(13(11)15)17-18-10-6-4-8-12(20-2)14(10)16/h3-8,17-18H,1-2H3. The second-order valence-electron chi connectivity index (χ2n) is 3.89. The van der Waals surface area contributed by atoms with Crippen LogP contribution in [-0.4, -0.2) is 14.2 Å². The highest BCUT2D eigenvalue weighted by Gasteiger charge is 2.08. The van der Waals surface area contributed by atoms with Crippen LogP contribution in [0.5, 0.6) is 11.5 Å². The molecule has 0 bridgehead atoms. The predicted octanol–water partition coefficient (Wildman–Crippen LogP) is 4.67. The number of benzene rings is 2. The molecule has 6 heteroatoms. The van der Waals surface area contributed by atoms with Crippen molar-refractivity contribution in [3.05, 3.63) is 45.3 Å². The lowest BCUT2D eigenvalue weighted by Gasteiger charge is -2.15. The second kappa shape index (κ2) is 6.85. The van der Waals surface area contributed by atoms with Gasteiger partial charge in [-0.2, -0.15) is 0 Å². The van der Waals surface area contributed by atoms with Crippen LogP contribution in [0, 0.1) is 0 Å². The molecule has 106 valence electrons. The van der Waals surface area contributed by atoms with E-state index in [0.29, 0.717) is 0 Å². The molecule has 0 atom stereocenters. The number of rotatable bonds is 5. The summed E-state index contributed by atoms with van der Waals surface area (Å²) in [5, 5.41) is 0. The maximum Gasteiger partial charge on any atom is 0.135 e. The van der Waals surface area contributed by atoms with Crippen molar-refractivity contribution < 1.29 is 9.47 Å². The molecule has 0 amide bonds. The Bertz CT molecular complexity index is 552. The fourth-order valence-electron chi connectivity index (χ4n) is 1.66. The van der Waals surface area contributed by atoms with E-state index in [4.69, 9.17) is 9.47 Å². The quantitative estimate of drug-likeness (QED) is 0.714. The van der Waals surface area contributed by atoms with Gasteiger partial charge in [-0.15, -0.1) is 0 Å². The molecule has 4 nitrogen and oxygen atoms in total. The number of nitrogens with one attached hydrogen (secondary N) is 2. The SMILES string of the molecule is COc1cccc(NNc2cccc(OC)c2Br)c1Br. The predicted molar refractivity (Wildman–Crippen MR) is 88.6 cm³/mol. The third-order valence-electron chi connectivity index (χ3n) is 2.70. The van der Waals surface area contributed by atoms with Gasteiger partial charge in [0, 0.05) is 0 Å². The van der Waals surface area contributed by atoms with Gasteiger partial charge < -0.3 is 9.47 Å². The molecule has 0 heterocycles. The Balaban J connectivity index is 2.17. The zero-order chi connectivity index (χ0) is 14.5. The highest BCUT2D eigenvalue weighted by Crippen LogP contribution is 2.34. The number of ether oxygens (including phenoxy) is 2. The fourth-order valence-corrected chi connectivity index (χ4v) is 2.72. The molecule has 0 aromatic heterocycles. The summed E-state index contributed by atoms with van der Waals surface area (Å²) in [4.78, 5) is 0. The molecule has 2 aromatic rings. The van der Waals surface area contributed by atoms with E-state index in [2.05, 4.69) is 42.7 Å². The Kier molecular flexibility index (Phi) is 5.14. The van der Waals surface area contributed by atoms with Crippen molar-refractivity contribution in [1.82, 2.24) is 0 Å². The van der Waals surface area contributed by atoms with Crippen LogP contribution >= 0.6 is 31.9 Å². The van der Waals surface area contributed by atoms with Gasteiger partial charge in [0.25, 0.3) is 0 Å². The van der Waals surface area contributed by atoms with E-state index in [1.54, 1.807) is 14.2 Å². The molecule has 0 unspecified atom stereocenters. The Morgan fingerprint density at radius 3 is 1.50 bits per heavy atom. The van der Waals surface area contributed by atoms with Crippen LogP contribution in [-0.2, 0) is 0 Å². The number of methoxy groups -OCH3 is 2. The molecule has 2 rings (SSSR count). The fraction of sp³-hybridized carbons (Fsp3) is 0.143. The van der Waals surface area contributed by atoms with Crippen molar-refractivity contribution in [2.24, 2.45) is 0 Å². The van der Waals surface area contributed by atoms with Crippen LogP contribution in [0.1, 0.15) is 0 Å². The molecule has 2 N–H and O–H groups in total. The minimum Gasteiger partial charge on any atom is -0.495 e. The molecule has 0 aliphatic rings. The maximum absolute atomic E-state index is 5.25. The van der Waals surface area contributed by atoms with Crippen molar-refractivity contribution in [2.75, 3.05) is 25.1 Å². The Morgan fingerprint density at radius 2 is 1.15 bits per heavy atom. The number of hydrogen-bond acceptors (Lipinski definition) is 4. The lowest BCUT2D eigenvalue weighted by atomic mass is 10.3. The first-order chi connectivity index (χ1) is 9.67. The zero-order valence-electron chi connectivity index (χ0n) is 11.0. The highest BCUT2D eigenvalue weighted by atomic mass is 79.9. The molecular weight excluding hydrogens is 388 g/mol. The molecule has 2 aromatic carbocycles. The van der Waals surface area contributed by atoms with Crippen molar-refractivity contribution >= 4 is 43.2 Å². The molecule has 0 spiro atoms. The van der Waals surface area contributed by atoms with E-state index in [-0.39, 0.29) is 0 Å². The summed E-state index contributed by atoms with van der Waals surface area (Å²) in [5.74, 6) is 1.53. The van der Waals surface area contributed by atoms with Crippen LogP contribution in [0.3, 0.4) is 0 Å². The van der Waals surface area contributed by atoms with E-state index in [0.717, 1.165) is 31.8 Å². The average Bonchev–Trinajstić information content (AvgIpc) is 2.47. The molecule has 20 heavy (non-hydrogen) atoms. The van der Waals surface area contributed by atoms with Gasteiger partial charge in [0.05, 0.1) is 34.5 Å². The van der Waals surface area contributed by atoms with Crippen LogP contribution in [0.25, 0.3) is 0 Å². The van der Waals surface area contributed by atoms with E-state index in [9.17, 15) is 0 Å². The molecule has 0 aliphatic carbocycles. The van der Waals surface area contributed by atoms with Gasteiger partial charge in [-0.05, 0) is 56.1 Å². The lowest BCUT2D eigenvalue weighted by Crippen LogP contribution is -2.10. The third kappa shape index (κ3) is 3.19. The smallest absolute Gasteiger partial charge is 0.135 e. The minimum absolute atomic E-state index is 0.765. The lowest BCUT2D eigenvalue weighted by molar-refractivity contribution is 0.412. The van der Waals surface area contributed by atoms with Gasteiger partial charge in [0.15, 0.2) is 0 Å². The van der Waals surface area contributed by atoms with Crippen molar-refractivity contribution in [1.29, 1.82) is 0 Å². The summed E-state index contributed by atoms with van der Waals surface area (Å²) in [6.45, 7) is 0. The molecule has 0 saturated carbocycles.